The van der Waals surface area contributed by atoms with Gasteiger partial charge in [-0.2, -0.15) is 36.4 Å². The van der Waals surface area contributed by atoms with E-state index >= 15 is 0 Å². The Balaban J connectivity index is 0.00000541. The summed E-state index contributed by atoms with van der Waals surface area (Å²) in [6.45, 7) is 4.23. The maximum absolute atomic E-state index is 7.02. The summed E-state index contributed by atoms with van der Waals surface area (Å²) in [6.07, 6.45) is 0. The Morgan fingerprint density at radius 3 is 1.63 bits per heavy atom. The number of nitrogens with zero attached hydrogens (tertiary/aromatic N) is 2. The van der Waals surface area contributed by atoms with Gasteiger partial charge < -0.3 is 14.2 Å². The van der Waals surface area contributed by atoms with Gasteiger partial charge in [0.1, 0.15) is 5.58 Å². The minimum absolute atomic E-state index is 0. The van der Waals surface area contributed by atoms with E-state index in [1.54, 1.807) is 0 Å². The summed E-state index contributed by atoms with van der Waals surface area (Å²) in [5, 5.41) is 9.43. The normalized spacial score (nSPS) is 12.7. The van der Waals surface area contributed by atoms with Crippen LogP contribution in [0.1, 0.15) is 33.4 Å². The molecule has 1 spiro atoms. The molecule has 14 aromatic rings. The smallest absolute Gasteiger partial charge is 0.454 e. The van der Waals surface area contributed by atoms with Crippen LogP contribution in [0.3, 0.4) is 0 Å². The fourth-order valence-corrected chi connectivity index (χ4v) is 13.6. The number of benzene rings is 13. The van der Waals surface area contributed by atoms with Gasteiger partial charge in [0.15, 0.2) is 5.58 Å². The zero-order valence-corrected chi connectivity index (χ0v) is 47.7. The number of rotatable bonds is 7. The molecule has 0 saturated carbocycles. The fraction of sp³-hybridized carbons (Fsp3) is 0.0400. The van der Waals surface area contributed by atoms with Crippen LogP contribution >= 0.6 is 0 Å². The number of fused-ring (bicyclic) bond motifs is 20. The standard InChI is InChI=1S/C75H48N2O.U/c1-47-21-17-23-49(43-47)50-24-19-29-53(44-50)76(51-25-5-3-6-26-51)54-41-42-61-64(45-54)55-30-9-11-34-59(55)70-65-46-69(77(52-27-7-4-8-28-52)68-40-20-37-63-62-36-18-22-48(2)73(62)78-74(63)68)58-33-10-12-35-60(58)71(65)75(72(61)70)66-38-15-13-31-56(66)57-32-14-16-39-67(57)75;/h3-42,45-46H,1-2H3;/q-2;+2. The minimum Gasteiger partial charge on any atom is -0.454 e. The maximum atomic E-state index is 7.02. The summed E-state index contributed by atoms with van der Waals surface area (Å²) in [5.74, 6) is 0. The van der Waals surface area contributed by atoms with Gasteiger partial charge in [0.2, 0.25) is 0 Å². The first kappa shape index (κ1) is 47.3. The second-order valence-corrected chi connectivity index (χ2v) is 21.0. The molecule has 0 fully saturated rings. The number of para-hydroxylation sites is 4. The van der Waals surface area contributed by atoms with Crippen molar-refractivity contribution in [1.29, 1.82) is 0 Å². The van der Waals surface area contributed by atoms with Gasteiger partial charge in [-0.25, -0.2) is 11.1 Å². The van der Waals surface area contributed by atoms with Crippen molar-refractivity contribution in [2.24, 2.45) is 0 Å². The van der Waals surface area contributed by atoms with Gasteiger partial charge in [-0.05, 0) is 138 Å². The minimum atomic E-state index is -0.681. The second kappa shape index (κ2) is 18.4. The average molecular weight is 1230 g/mol. The van der Waals surface area contributed by atoms with Gasteiger partial charge in [0.25, 0.3) is 0 Å². The van der Waals surface area contributed by atoms with E-state index in [1.165, 1.54) is 71.4 Å². The van der Waals surface area contributed by atoms with Crippen LogP contribution in [0.4, 0.5) is 34.1 Å². The molecule has 3 nitrogen and oxygen atoms in total. The third-order valence-electron chi connectivity index (χ3n) is 16.7. The fourth-order valence-electron chi connectivity index (χ4n) is 13.6. The van der Waals surface area contributed by atoms with E-state index in [0.29, 0.717) is 0 Å². The van der Waals surface area contributed by atoms with Gasteiger partial charge in [-0.1, -0.05) is 177 Å². The molecule has 0 radical (unpaired) electrons. The maximum Gasteiger partial charge on any atom is 2.00 e. The SMILES string of the molecule is Cc1[c-]c(-c2[c-]c(N(c3ccccc3)c3ccc4c5c(c6ccccc6c4c3)-c3cc(N(c4ccccc4)c4cccc6c4oc4c(C)cccc46)c4ccccc4c3C53c4ccccc4-c4ccccc43)ccc2)ccc1.[U+2]. The Hall–Kier alpha value is -8.91. The molecule has 13 aromatic carbocycles. The predicted molar refractivity (Wildman–Crippen MR) is 324 cm³/mol. The van der Waals surface area contributed by atoms with Crippen LogP contribution in [0, 0.1) is 57.1 Å². The van der Waals surface area contributed by atoms with Gasteiger partial charge in [-0.15, -0.1) is 17.7 Å². The molecular weight excluding hydrogens is 1180 g/mol. The molecule has 4 heteroatoms. The summed E-state index contributed by atoms with van der Waals surface area (Å²) in [6, 6.07) is 101. The van der Waals surface area contributed by atoms with E-state index in [2.05, 4.69) is 291 Å². The molecule has 0 amide bonds. The quantitative estimate of drug-likeness (QED) is 0.117. The first-order valence-corrected chi connectivity index (χ1v) is 26.9. The van der Waals surface area contributed by atoms with Crippen LogP contribution in [-0.2, 0) is 5.41 Å². The van der Waals surface area contributed by atoms with Gasteiger partial charge in [0, 0.05) is 33.2 Å². The van der Waals surface area contributed by atoms with E-state index < -0.39 is 5.41 Å². The molecule has 2 aliphatic carbocycles. The van der Waals surface area contributed by atoms with Crippen molar-refractivity contribution in [1.82, 2.24) is 0 Å². The molecule has 2 aliphatic rings. The zero-order chi connectivity index (χ0) is 51.6. The van der Waals surface area contributed by atoms with Crippen molar-refractivity contribution in [3.8, 4) is 33.4 Å². The molecule has 1 aromatic heterocycles. The van der Waals surface area contributed by atoms with Crippen molar-refractivity contribution < 1.29 is 35.5 Å². The molecule has 16 rings (SSSR count). The molecule has 0 aliphatic heterocycles. The van der Waals surface area contributed by atoms with Crippen LogP contribution in [-0.4, -0.2) is 0 Å². The monoisotopic (exact) mass is 1230 g/mol. The number of hydrogen-bond donors (Lipinski definition) is 0. The summed E-state index contributed by atoms with van der Waals surface area (Å²) >= 11 is 0. The van der Waals surface area contributed by atoms with Crippen LogP contribution in [0.5, 0.6) is 0 Å². The summed E-state index contributed by atoms with van der Waals surface area (Å²) in [5.41, 5.74) is 21.8. The third kappa shape index (κ3) is 6.91. The van der Waals surface area contributed by atoms with Crippen molar-refractivity contribution in [2.75, 3.05) is 9.80 Å². The Morgan fingerprint density at radius 2 is 0.911 bits per heavy atom. The molecule has 1 heterocycles. The van der Waals surface area contributed by atoms with Crippen molar-refractivity contribution >= 4 is 88.4 Å². The Labute approximate surface area is 483 Å². The number of furan rings is 1. The molecule has 0 saturated heterocycles. The summed E-state index contributed by atoms with van der Waals surface area (Å²) < 4.78 is 7.02. The van der Waals surface area contributed by atoms with Crippen molar-refractivity contribution in [3.63, 3.8) is 0 Å². The Morgan fingerprint density at radius 1 is 0.354 bits per heavy atom. The topological polar surface area (TPSA) is 19.6 Å². The summed E-state index contributed by atoms with van der Waals surface area (Å²) in [7, 11) is 0. The first-order valence-electron chi connectivity index (χ1n) is 26.9. The van der Waals surface area contributed by atoms with E-state index in [-0.39, 0.29) is 31.1 Å². The van der Waals surface area contributed by atoms with Crippen molar-refractivity contribution in [3.05, 3.63) is 300 Å². The first-order chi connectivity index (χ1) is 38.5. The molecule has 0 unspecified atom stereocenters. The van der Waals surface area contributed by atoms with Gasteiger partial charge in [0.05, 0.1) is 16.8 Å². The second-order valence-electron chi connectivity index (χ2n) is 21.0. The largest absolute Gasteiger partial charge is 2.00 e. The third-order valence-corrected chi connectivity index (χ3v) is 16.7. The van der Waals surface area contributed by atoms with E-state index in [1.807, 2.05) is 0 Å². The van der Waals surface area contributed by atoms with Crippen LogP contribution in [0.15, 0.2) is 259 Å². The number of hydrogen-bond acceptors (Lipinski definition) is 3. The Kier molecular flexibility index (Phi) is 11.0. The van der Waals surface area contributed by atoms with Gasteiger partial charge in [-0.3, -0.25) is 0 Å². The Bertz CT molecular complexity index is 4740. The molecule has 0 atom stereocenters. The van der Waals surface area contributed by atoms with E-state index in [0.717, 1.165) is 83.7 Å². The number of anilines is 6. The zero-order valence-electron chi connectivity index (χ0n) is 43.6. The van der Waals surface area contributed by atoms with Crippen LogP contribution in [0.25, 0.3) is 87.6 Å². The molecule has 79 heavy (non-hydrogen) atoms. The molecular formula is C75H48N2OU. The molecule has 0 N–H and O–H groups in total. The predicted octanol–water partition coefficient (Wildman–Crippen LogP) is 20.2. The van der Waals surface area contributed by atoms with Crippen LogP contribution in [0.2, 0.25) is 0 Å². The van der Waals surface area contributed by atoms with E-state index in [4.69, 9.17) is 4.42 Å². The number of aryl methyl sites for hydroxylation is 2. The molecule has 368 valence electrons. The average Bonchev–Trinajstić information content (AvgIpc) is 1.88. The summed E-state index contributed by atoms with van der Waals surface area (Å²) in [4.78, 5) is 4.80. The van der Waals surface area contributed by atoms with Gasteiger partial charge >= 0.3 is 31.1 Å². The van der Waals surface area contributed by atoms with Crippen LogP contribution < -0.4 is 9.80 Å². The van der Waals surface area contributed by atoms with Crippen molar-refractivity contribution in [2.45, 2.75) is 19.3 Å². The molecule has 0 bridgehead atoms. The van der Waals surface area contributed by atoms with E-state index in [9.17, 15) is 0 Å².